The fourth-order valence-electron chi connectivity index (χ4n) is 5.06. The Morgan fingerprint density at radius 1 is 1.22 bits per heavy atom. The van der Waals surface area contributed by atoms with Gasteiger partial charge in [-0.25, -0.2) is 9.97 Å². The Balaban J connectivity index is 1.47. The van der Waals surface area contributed by atoms with E-state index in [4.69, 9.17) is 5.26 Å². The van der Waals surface area contributed by atoms with Crippen molar-refractivity contribution in [3.8, 4) is 6.07 Å². The number of anilines is 3. The summed E-state index contributed by atoms with van der Waals surface area (Å²) in [6, 6.07) is 2.31. The van der Waals surface area contributed by atoms with E-state index >= 15 is 0 Å². The molecule has 2 aromatic rings. The van der Waals surface area contributed by atoms with E-state index in [0.717, 1.165) is 23.8 Å². The third-order valence-corrected chi connectivity index (χ3v) is 8.26. The van der Waals surface area contributed by atoms with Crippen LogP contribution in [0.25, 0.3) is 0 Å². The molecule has 13 heteroatoms. The molecular formula is C23H25F3N8OS. The number of carbonyl (C=O) groups excluding carboxylic acids is 1. The van der Waals surface area contributed by atoms with E-state index in [1.807, 2.05) is 25.7 Å². The molecule has 3 aliphatic heterocycles. The number of piperazine rings is 1. The minimum Gasteiger partial charge on any atom is -0.352 e. The highest BCUT2D eigenvalue weighted by atomic mass is 32.2. The van der Waals surface area contributed by atoms with Gasteiger partial charge in [-0.2, -0.15) is 18.4 Å². The maximum atomic E-state index is 13.6. The van der Waals surface area contributed by atoms with Crippen molar-refractivity contribution in [3.05, 3.63) is 29.2 Å². The molecule has 2 atom stereocenters. The predicted octanol–water partition coefficient (Wildman–Crippen LogP) is 3.13. The molecule has 3 aliphatic rings. The molecular weight excluding hydrogens is 493 g/mol. The van der Waals surface area contributed by atoms with Gasteiger partial charge >= 0.3 is 6.18 Å². The van der Waals surface area contributed by atoms with Gasteiger partial charge in [-0.05, 0) is 25.2 Å². The standard InChI is InChI=1S/C23H25F3N8OS/c1-13-10-32(5-6-33(13)21(35)16-4-7-36-16)19-18-20(29-12-28-19)34(11-22(18,2)3)17-8-14(23(24,25)26)15(9-27)30-31-17/h8,12-13,16H,4-7,10-11H2,1-3H3. The van der Waals surface area contributed by atoms with Gasteiger partial charge in [0.05, 0.1) is 10.8 Å². The van der Waals surface area contributed by atoms with Crippen LogP contribution in [0.15, 0.2) is 12.4 Å². The van der Waals surface area contributed by atoms with E-state index in [1.165, 1.54) is 12.4 Å². The van der Waals surface area contributed by atoms with Crippen LogP contribution in [0.2, 0.25) is 0 Å². The maximum absolute atomic E-state index is 13.6. The molecule has 0 radical (unpaired) electrons. The molecule has 0 N–H and O–H groups in total. The number of nitriles is 1. The van der Waals surface area contributed by atoms with Gasteiger partial charge in [-0.1, -0.05) is 13.8 Å². The van der Waals surface area contributed by atoms with Crippen LogP contribution in [0.5, 0.6) is 0 Å². The van der Waals surface area contributed by atoms with Gasteiger partial charge in [0, 0.05) is 43.2 Å². The number of halogens is 3. The molecule has 9 nitrogen and oxygen atoms in total. The summed E-state index contributed by atoms with van der Waals surface area (Å²) in [6.07, 6.45) is -2.42. The van der Waals surface area contributed by atoms with Crippen LogP contribution >= 0.6 is 11.8 Å². The van der Waals surface area contributed by atoms with Crippen molar-refractivity contribution in [2.45, 2.75) is 50.1 Å². The summed E-state index contributed by atoms with van der Waals surface area (Å²) < 4.78 is 40.7. The number of amides is 1. The smallest absolute Gasteiger partial charge is 0.352 e. The molecule has 1 amide bonds. The first kappa shape index (κ1) is 24.5. The quantitative estimate of drug-likeness (QED) is 0.606. The predicted molar refractivity (Wildman–Crippen MR) is 128 cm³/mol. The first-order valence-corrected chi connectivity index (χ1v) is 12.7. The van der Waals surface area contributed by atoms with Crippen molar-refractivity contribution in [3.63, 3.8) is 0 Å². The normalized spacial score (nSPS) is 23.2. The van der Waals surface area contributed by atoms with Crippen LogP contribution in [0.4, 0.5) is 30.6 Å². The molecule has 0 saturated carbocycles. The van der Waals surface area contributed by atoms with Crippen LogP contribution in [0.3, 0.4) is 0 Å². The van der Waals surface area contributed by atoms with Gasteiger partial charge in [0.2, 0.25) is 5.91 Å². The number of carbonyl (C=O) groups is 1. The first-order valence-electron chi connectivity index (χ1n) is 11.7. The van der Waals surface area contributed by atoms with Gasteiger partial charge in [0.25, 0.3) is 0 Å². The summed E-state index contributed by atoms with van der Waals surface area (Å²) in [5.41, 5.74) is -1.59. The first-order chi connectivity index (χ1) is 17.0. The number of nitrogens with zero attached hydrogens (tertiary/aromatic N) is 8. The summed E-state index contributed by atoms with van der Waals surface area (Å²) in [6.45, 7) is 8.08. The van der Waals surface area contributed by atoms with Crippen molar-refractivity contribution >= 4 is 35.1 Å². The molecule has 36 heavy (non-hydrogen) atoms. The minimum atomic E-state index is -4.74. The molecule has 2 fully saturated rings. The number of aromatic nitrogens is 4. The average molecular weight is 519 g/mol. The second-order valence-electron chi connectivity index (χ2n) is 9.92. The summed E-state index contributed by atoms with van der Waals surface area (Å²) in [5.74, 6) is 2.37. The Morgan fingerprint density at radius 2 is 1.94 bits per heavy atom. The van der Waals surface area contributed by atoms with Crippen LogP contribution in [-0.2, 0) is 16.4 Å². The lowest BCUT2D eigenvalue weighted by Crippen LogP contribution is -2.57. The molecule has 0 spiro atoms. The Hall–Kier alpha value is -3.14. The second kappa shape index (κ2) is 8.76. The van der Waals surface area contributed by atoms with Crippen molar-refractivity contribution in [2.24, 2.45) is 0 Å². The number of hydrogen-bond donors (Lipinski definition) is 0. The zero-order chi connectivity index (χ0) is 25.8. The van der Waals surface area contributed by atoms with Crippen molar-refractivity contribution < 1.29 is 18.0 Å². The minimum absolute atomic E-state index is 0.00239. The Labute approximate surface area is 210 Å². The number of fused-ring (bicyclic) bond motifs is 1. The zero-order valence-corrected chi connectivity index (χ0v) is 20.9. The SMILES string of the molecule is CC1CN(c2ncnc3c2C(C)(C)CN3c2cc(C(F)(F)F)c(C#N)nn2)CCN1C(=O)C1CCS1. The van der Waals surface area contributed by atoms with Crippen LogP contribution in [-0.4, -0.2) is 74.2 Å². The average Bonchev–Trinajstić information content (AvgIpc) is 3.07. The summed E-state index contributed by atoms with van der Waals surface area (Å²) in [4.78, 5) is 27.5. The zero-order valence-electron chi connectivity index (χ0n) is 20.1. The van der Waals surface area contributed by atoms with Crippen LogP contribution in [0, 0.1) is 11.3 Å². The van der Waals surface area contributed by atoms with Gasteiger partial charge < -0.3 is 14.7 Å². The molecule has 2 unspecified atom stereocenters. The highest BCUT2D eigenvalue weighted by molar-refractivity contribution is 8.01. The van der Waals surface area contributed by atoms with E-state index in [2.05, 4.69) is 25.1 Å². The highest BCUT2D eigenvalue weighted by Crippen LogP contribution is 2.47. The Kier molecular flexibility index (Phi) is 5.97. The molecule has 0 aliphatic carbocycles. The molecule has 0 aromatic carbocycles. The lowest BCUT2D eigenvalue weighted by Gasteiger charge is -2.43. The molecule has 2 aromatic heterocycles. The number of rotatable bonds is 3. The molecule has 5 rings (SSSR count). The van der Waals surface area contributed by atoms with Crippen LogP contribution < -0.4 is 9.80 Å². The second-order valence-corrected chi connectivity index (χ2v) is 11.2. The fourth-order valence-corrected chi connectivity index (χ4v) is 5.81. The van der Waals surface area contributed by atoms with Gasteiger partial charge in [-0.15, -0.1) is 22.0 Å². The molecule has 190 valence electrons. The monoisotopic (exact) mass is 518 g/mol. The number of alkyl halides is 3. The van der Waals surface area contributed by atoms with E-state index in [-0.39, 0.29) is 23.0 Å². The highest BCUT2D eigenvalue weighted by Gasteiger charge is 2.44. The Bertz CT molecular complexity index is 1240. The van der Waals surface area contributed by atoms with Gasteiger partial charge in [0.15, 0.2) is 11.5 Å². The topological polar surface area (TPSA) is 102 Å². The maximum Gasteiger partial charge on any atom is 0.419 e. The fraction of sp³-hybridized carbons (Fsp3) is 0.565. The van der Waals surface area contributed by atoms with E-state index in [9.17, 15) is 18.0 Å². The van der Waals surface area contributed by atoms with Crippen molar-refractivity contribution in [1.82, 2.24) is 25.1 Å². The van der Waals surface area contributed by atoms with Crippen molar-refractivity contribution in [1.29, 1.82) is 5.26 Å². The van der Waals surface area contributed by atoms with Gasteiger partial charge in [-0.3, -0.25) is 4.79 Å². The number of thioether (sulfide) groups is 1. The lowest BCUT2D eigenvalue weighted by molar-refractivity contribution is -0.138. The molecule has 2 saturated heterocycles. The van der Waals surface area contributed by atoms with E-state index < -0.39 is 22.8 Å². The van der Waals surface area contributed by atoms with Gasteiger partial charge in [0.1, 0.15) is 24.0 Å². The van der Waals surface area contributed by atoms with Crippen molar-refractivity contribution in [2.75, 3.05) is 41.7 Å². The third kappa shape index (κ3) is 4.11. The van der Waals surface area contributed by atoms with Crippen LogP contribution in [0.1, 0.15) is 44.0 Å². The lowest BCUT2D eigenvalue weighted by atomic mass is 9.87. The number of hydrogen-bond acceptors (Lipinski definition) is 9. The van der Waals surface area contributed by atoms with E-state index in [1.54, 1.807) is 16.7 Å². The summed E-state index contributed by atoms with van der Waals surface area (Å²) >= 11 is 1.69. The summed E-state index contributed by atoms with van der Waals surface area (Å²) in [7, 11) is 0. The largest absolute Gasteiger partial charge is 0.419 e. The molecule has 5 heterocycles. The third-order valence-electron chi connectivity index (χ3n) is 6.95. The summed E-state index contributed by atoms with van der Waals surface area (Å²) in [5, 5.41) is 16.6. The Morgan fingerprint density at radius 3 is 2.56 bits per heavy atom. The van der Waals surface area contributed by atoms with E-state index in [0.29, 0.717) is 37.8 Å². The molecule has 0 bridgehead atoms.